The van der Waals surface area contributed by atoms with E-state index in [9.17, 15) is 18.7 Å². The van der Waals surface area contributed by atoms with E-state index in [4.69, 9.17) is 5.73 Å². The van der Waals surface area contributed by atoms with Gasteiger partial charge >= 0.3 is 0 Å². The molecule has 0 aliphatic heterocycles. The number of nitrogens with two attached hydrogens (primary N) is 1. The van der Waals surface area contributed by atoms with Gasteiger partial charge in [-0.25, -0.2) is 18.4 Å². The van der Waals surface area contributed by atoms with E-state index in [1.54, 1.807) is 0 Å². The average Bonchev–Trinajstić information content (AvgIpc) is 2.93. The van der Waals surface area contributed by atoms with Gasteiger partial charge in [0.1, 0.15) is 29.9 Å². The van der Waals surface area contributed by atoms with E-state index in [0.717, 1.165) is 18.2 Å². The van der Waals surface area contributed by atoms with Crippen LogP contribution >= 0.6 is 0 Å². The van der Waals surface area contributed by atoms with Crippen LogP contribution in [-0.4, -0.2) is 25.8 Å². The summed E-state index contributed by atoms with van der Waals surface area (Å²) in [6, 6.07) is 2.64. The fourth-order valence-electron chi connectivity index (χ4n) is 2.08. The van der Waals surface area contributed by atoms with Gasteiger partial charge in [0.05, 0.1) is 12.5 Å². The zero-order valence-corrected chi connectivity index (χ0v) is 11.2. The van der Waals surface area contributed by atoms with Crippen molar-refractivity contribution in [3.8, 4) is 0 Å². The SMILES string of the molecule is CC(C(N)=O)C(O)(Cn1cncn1)c1cc(F)ccc1F. The summed E-state index contributed by atoms with van der Waals surface area (Å²) in [6.07, 6.45) is 2.51. The third-order valence-corrected chi connectivity index (χ3v) is 3.41. The highest BCUT2D eigenvalue weighted by atomic mass is 19.1. The maximum atomic E-state index is 14.0. The molecule has 112 valence electrons. The van der Waals surface area contributed by atoms with E-state index in [0.29, 0.717) is 0 Å². The summed E-state index contributed by atoms with van der Waals surface area (Å²) < 4.78 is 28.6. The van der Waals surface area contributed by atoms with Crippen LogP contribution in [0.2, 0.25) is 0 Å². The van der Waals surface area contributed by atoms with Crippen molar-refractivity contribution in [1.29, 1.82) is 0 Å². The third-order valence-electron chi connectivity index (χ3n) is 3.41. The molecule has 21 heavy (non-hydrogen) atoms. The summed E-state index contributed by atoms with van der Waals surface area (Å²) in [5.74, 6) is -3.59. The Balaban J connectivity index is 2.54. The van der Waals surface area contributed by atoms with Crippen LogP contribution in [0.3, 0.4) is 0 Å². The molecule has 0 bridgehead atoms. The molecule has 0 aliphatic rings. The Bertz CT molecular complexity index is 648. The fraction of sp³-hybridized carbons (Fsp3) is 0.308. The number of aromatic nitrogens is 3. The first-order valence-electron chi connectivity index (χ1n) is 6.14. The Morgan fingerprint density at radius 1 is 1.52 bits per heavy atom. The monoisotopic (exact) mass is 296 g/mol. The van der Waals surface area contributed by atoms with Crippen molar-refractivity contribution in [2.75, 3.05) is 0 Å². The number of primary amides is 1. The lowest BCUT2D eigenvalue weighted by Crippen LogP contribution is -2.45. The smallest absolute Gasteiger partial charge is 0.223 e. The summed E-state index contributed by atoms with van der Waals surface area (Å²) >= 11 is 0. The number of hydrogen-bond donors (Lipinski definition) is 2. The molecule has 1 amide bonds. The van der Waals surface area contributed by atoms with Gasteiger partial charge in [-0.2, -0.15) is 5.10 Å². The maximum Gasteiger partial charge on any atom is 0.223 e. The van der Waals surface area contributed by atoms with Gasteiger partial charge in [0.15, 0.2) is 0 Å². The Morgan fingerprint density at radius 3 is 2.81 bits per heavy atom. The highest BCUT2D eigenvalue weighted by Crippen LogP contribution is 2.33. The number of amides is 1. The molecule has 2 aromatic rings. The molecule has 2 unspecified atom stereocenters. The molecule has 6 nitrogen and oxygen atoms in total. The molecule has 3 N–H and O–H groups in total. The number of rotatable bonds is 5. The Kier molecular flexibility index (Phi) is 3.99. The average molecular weight is 296 g/mol. The minimum Gasteiger partial charge on any atom is -0.382 e. The van der Waals surface area contributed by atoms with Crippen molar-refractivity contribution in [2.45, 2.75) is 19.1 Å². The lowest BCUT2D eigenvalue weighted by molar-refractivity contribution is -0.133. The number of nitrogens with zero attached hydrogens (tertiary/aromatic N) is 3. The normalized spacial score (nSPS) is 15.4. The Labute approximate surface area is 119 Å². The lowest BCUT2D eigenvalue weighted by Gasteiger charge is -2.33. The van der Waals surface area contributed by atoms with Crippen LogP contribution in [0.25, 0.3) is 0 Å². The molecule has 0 aliphatic carbocycles. The molecule has 1 aromatic carbocycles. The molecule has 0 spiro atoms. The molecule has 8 heteroatoms. The Hall–Kier alpha value is -2.35. The van der Waals surface area contributed by atoms with Crippen LogP contribution in [0.15, 0.2) is 30.9 Å². The van der Waals surface area contributed by atoms with Gasteiger partial charge in [0.2, 0.25) is 5.91 Å². The molecule has 0 saturated carbocycles. The number of aliphatic hydroxyl groups is 1. The van der Waals surface area contributed by atoms with Crippen molar-refractivity contribution in [1.82, 2.24) is 14.8 Å². The third kappa shape index (κ3) is 2.89. The van der Waals surface area contributed by atoms with E-state index >= 15 is 0 Å². The van der Waals surface area contributed by atoms with Crippen molar-refractivity contribution in [3.63, 3.8) is 0 Å². The van der Waals surface area contributed by atoms with E-state index in [2.05, 4.69) is 10.1 Å². The number of carbonyl (C=O) groups excluding carboxylic acids is 1. The number of hydrogen-bond acceptors (Lipinski definition) is 4. The van der Waals surface area contributed by atoms with Crippen LogP contribution in [0.1, 0.15) is 12.5 Å². The molecule has 0 saturated heterocycles. The first-order valence-corrected chi connectivity index (χ1v) is 6.14. The Morgan fingerprint density at radius 2 is 2.24 bits per heavy atom. The molecule has 0 fully saturated rings. The van der Waals surface area contributed by atoms with Gasteiger partial charge in [-0.15, -0.1) is 0 Å². The van der Waals surface area contributed by atoms with Gasteiger partial charge < -0.3 is 10.8 Å². The highest BCUT2D eigenvalue weighted by molar-refractivity contribution is 5.77. The van der Waals surface area contributed by atoms with Gasteiger partial charge in [0.25, 0.3) is 0 Å². The van der Waals surface area contributed by atoms with Crippen molar-refractivity contribution in [3.05, 3.63) is 48.1 Å². The lowest BCUT2D eigenvalue weighted by atomic mass is 9.81. The molecule has 2 atom stereocenters. The molecule has 2 rings (SSSR count). The molecule has 0 radical (unpaired) electrons. The predicted octanol–water partition coefficient (Wildman–Crippen LogP) is 0.565. The summed E-state index contributed by atoms with van der Waals surface area (Å²) in [6.45, 7) is 1.04. The minimum atomic E-state index is -2.05. The van der Waals surface area contributed by atoms with E-state index in [1.807, 2.05) is 0 Å². The standard InChI is InChI=1S/C13H14F2N4O2/c1-8(12(16)20)13(21,5-19-7-17-6-18-19)10-4-9(14)2-3-11(10)15/h2-4,6-8,21H,5H2,1H3,(H2,16,20). The van der Waals surface area contributed by atoms with Gasteiger partial charge in [-0.3, -0.25) is 4.79 Å². The zero-order chi connectivity index (χ0) is 15.6. The van der Waals surface area contributed by atoms with Crippen LogP contribution < -0.4 is 5.73 Å². The minimum absolute atomic E-state index is 0.294. The summed E-state index contributed by atoms with van der Waals surface area (Å²) in [4.78, 5) is 15.1. The molecular formula is C13H14F2N4O2. The summed E-state index contributed by atoms with van der Waals surface area (Å²) in [5.41, 5.74) is 2.81. The van der Waals surface area contributed by atoms with E-state index < -0.39 is 29.1 Å². The molecular weight excluding hydrogens is 282 g/mol. The van der Waals surface area contributed by atoms with Gasteiger partial charge in [-0.1, -0.05) is 6.92 Å². The van der Waals surface area contributed by atoms with E-state index in [1.165, 1.54) is 24.3 Å². The highest BCUT2D eigenvalue weighted by Gasteiger charge is 2.42. The van der Waals surface area contributed by atoms with Gasteiger partial charge in [0, 0.05) is 5.56 Å². The number of benzene rings is 1. The topological polar surface area (TPSA) is 94.0 Å². The van der Waals surface area contributed by atoms with Crippen molar-refractivity contribution < 1.29 is 18.7 Å². The molecule has 1 aromatic heterocycles. The maximum absolute atomic E-state index is 14.0. The van der Waals surface area contributed by atoms with E-state index in [-0.39, 0.29) is 12.1 Å². The first-order chi connectivity index (χ1) is 9.84. The number of halogens is 2. The predicted molar refractivity (Wildman–Crippen MR) is 68.6 cm³/mol. The van der Waals surface area contributed by atoms with Crippen LogP contribution in [0.4, 0.5) is 8.78 Å². The first kappa shape index (κ1) is 15.0. The summed E-state index contributed by atoms with van der Waals surface area (Å²) in [5, 5.41) is 14.6. The quantitative estimate of drug-likeness (QED) is 0.843. The second-order valence-electron chi connectivity index (χ2n) is 4.77. The fourth-order valence-corrected chi connectivity index (χ4v) is 2.08. The van der Waals surface area contributed by atoms with Crippen molar-refractivity contribution >= 4 is 5.91 Å². The van der Waals surface area contributed by atoms with Crippen molar-refractivity contribution in [2.24, 2.45) is 11.7 Å². The van der Waals surface area contributed by atoms with Crippen LogP contribution in [-0.2, 0) is 16.9 Å². The second-order valence-corrected chi connectivity index (χ2v) is 4.77. The van der Waals surface area contributed by atoms with Gasteiger partial charge in [-0.05, 0) is 18.2 Å². The van der Waals surface area contributed by atoms with Crippen LogP contribution in [0, 0.1) is 17.6 Å². The van der Waals surface area contributed by atoms with Crippen LogP contribution in [0.5, 0.6) is 0 Å². The molecule has 1 heterocycles. The summed E-state index contributed by atoms with van der Waals surface area (Å²) in [7, 11) is 0. The number of carbonyl (C=O) groups is 1. The second kappa shape index (κ2) is 5.57. The zero-order valence-electron chi connectivity index (χ0n) is 11.2. The largest absolute Gasteiger partial charge is 0.382 e.